The normalized spacial score (nSPS) is 12.6. The lowest BCUT2D eigenvalue weighted by molar-refractivity contribution is 0.107. The molecular formula is C17H20FNO5S. The summed E-state index contributed by atoms with van der Waals surface area (Å²) < 4.78 is 56.4. The maximum atomic E-state index is 13.4. The van der Waals surface area contributed by atoms with E-state index in [4.69, 9.17) is 14.2 Å². The van der Waals surface area contributed by atoms with Crippen molar-refractivity contribution in [1.82, 2.24) is 4.72 Å². The summed E-state index contributed by atoms with van der Waals surface area (Å²) in [5.41, 5.74) is 0.746. The molecule has 0 fully saturated rings. The van der Waals surface area contributed by atoms with E-state index in [1.54, 1.807) is 31.4 Å². The quantitative estimate of drug-likeness (QED) is 0.774. The van der Waals surface area contributed by atoms with Crippen LogP contribution in [0.1, 0.15) is 11.7 Å². The minimum atomic E-state index is -3.98. The molecule has 2 aromatic carbocycles. The van der Waals surface area contributed by atoms with Gasteiger partial charge in [-0.05, 0) is 35.9 Å². The van der Waals surface area contributed by atoms with Crippen LogP contribution in [-0.2, 0) is 14.8 Å². The highest BCUT2D eigenvalue weighted by Crippen LogP contribution is 2.25. The average Bonchev–Trinajstić information content (AvgIpc) is 2.62. The first-order chi connectivity index (χ1) is 11.9. The molecule has 0 aromatic heterocycles. The number of nitrogens with one attached hydrogen (secondary N) is 1. The van der Waals surface area contributed by atoms with Gasteiger partial charge in [-0.3, -0.25) is 0 Å². The van der Waals surface area contributed by atoms with Crippen molar-refractivity contribution in [1.29, 1.82) is 0 Å². The highest BCUT2D eigenvalue weighted by molar-refractivity contribution is 7.89. The second kappa shape index (κ2) is 8.28. The van der Waals surface area contributed by atoms with Crippen LogP contribution in [0, 0.1) is 5.82 Å². The van der Waals surface area contributed by atoms with E-state index in [-0.39, 0.29) is 17.2 Å². The summed E-state index contributed by atoms with van der Waals surface area (Å²) in [6.07, 6.45) is -0.538. The van der Waals surface area contributed by atoms with Gasteiger partial charge in [0.25, 0.3) is 0 Å². The van der Waals surface area contributed by atoms with Crippen molar-refractivity contribution < 1.29 is 27.0 Å². The number of sulfonamides is 1. The summed E-state index contributed by atoms with van der Waals surface area (Å²) >= 11 is 0. The number of benzene rings is 2. The van der Waals surface area contributed by atoms with Gasteiger partial charge < -0.3 is 14.2 Å². The fraction of sp³-hybridized carbons (Fsp3) is 0.294. The van der Waals surface area contributed by atoms with Gasteiger partial charge in [0.1, 0.15) is 22.2 Å². The largest absolute Gasteiger partial charge is 0.497 e. The van der Waals surface area contributed by atoms with Gasteiger partial charge in [-0.2, -0.15) is 0 Å². The summed E-state index contributed by atoms with van der Waals surface area (Å²) in [7, 11) is 0.354. The molecule has 0 aliphatic rings. The highest BCUT2D eigenvalue weighted by Gasteiger charge is 2.22. The minimum Gasteiger partial charge on any atom is -0.497 e. The fourth-order valence-corrected chi connectivity index (χ4v) is 3.51. The molecule has 0 bridgehead atoms. The molecule has 0 amide bonds. The molecule has 0 heterocycles. The molecular weight excluding hydrogens is 349 g/mol. The van der Waals surface area contributed by atoms with E-state index in [0.29, 0.717) is 5.75 Å². The molecule has 8 heteroatoms. The number of halogens is 1. The van der Waals surface area contributed by atoms with Gasteiger partial charge in [0.2, 0.25) is 10.0 Å². The minimum absolute atomic E-state index is 0.0360. The molecule has 0 aliphatic heterocycles. The van der Waals surface area contributed by atoms with Gasteiger partial charge in [-0.1, -0.05) is 12.1 Å². The van der Waals surface area contributed by atoms with Gasteiger partial charge in [0.15, 0.2) is 0 Å². The first kappa shape index (κ1) is 19.2. The predicted molar refractivity (Wildman–Crippen MR) is 90.9 cm³/mol. The molecule has 25 heavy (non-hydrogen) atoms. The molecule has 136 valence electrons. The summed E-state index contributed by atoms with van der Waals surface area (Å²) in [6.45, 7) is -0.0360. The molecule has 1 unspecified atom stereocenters. The van der Waals surface area contributed by atoms with Crippen molar-refractivity contribution in [2.75, 3.05) is 27.9 Å². The van der Waals surface area contributed by atoms with E-state index in [9.17, 15) is 12.8 Å². The molecule has 1 atom stereocenters. The number of ether oxygens (including phenoxy) is 3. The van der Waals surface area contributed by atoms with E-state index in [2.05, 4.69) is 4.72 Å². The molecule has 0 radical (unpaired) electrons. The van der Waals surface area contributed by atoms with E-state index >= 15 is 0 Å². The lowest BCUT2D eigenvalue weighted by atomic mass is 10.1. The zero-order valence-electron chi connectivity index (χ0n) is 14.2. The van der Waals surface area contributed by atoms with E-state index in [0.717, 1.165) is 17.7 Å². The van der Waals surface area contributed by atoms with Crippen molar-refractivity contribution in [3.8, 4) is 11.5 Å². The predicted octanol–water partition coefficient (Wildman–Crippen LogP) is 2.51. The standard InChI is InChI=1S/C17H20FNO5S/c1-22-14-6-4-5-12(9-14)16(24-3)11-19-25(20,21)17-10-13(18)7-8-15(17)23-2/h4-10,16,19H,11H2,1-3H3. The monoisotopic (exact) mass is 369 g/mol. The third-order valence-electron chi connectivity index (χ3n) is 3.62. The van der Waals surface area contributed by atoms with Crippen LogP contribution in [0.4, 0.5) is 4.39 Å². The van der Waals surface area contributed by atoms with Crippen LogP contribution in [0.15, 0.2) is 47.4 Å². The van der Waals surface area contributed by atoms with Gasteiger partial charge in [0, 0.05) is 13.7 Å². The Hall–Kier alpha value is -2.16. The maximum Gasteiger partial charge on any atom is 0.244 e. The van der Waals surface area contributed by atoms with Gasteiger partial charge in [0.05, 0.1) is 20.3 Å². The highest BCUT2D eigenvalue weighted by atomic mass is 32.2. The lowest BCUT2D eigenvalue weighted by Gasteiger charge is -2.18. The molecule has 6 nitrogen and oxygen atoms in total. The number of rotatable bonds is 8. The van der Waals surface area contributed by atoms with Crippen molar-refractivity contribution in [2.45, 2.75) is 11.0 Å². The molecule has 0 aliphatic carbocycles. The number of hydrogen-bond acceptors (Lipinski definition) is 5. The number of methoxy groups -OCH3 is 3. The zero-order valence-corrected chi connectivity index (χ0v) is 15.0. The summed E-state index contributed by atoms with van der Waals surface area (Å²) in [6, 6.07) is 10.4. The van der Waals surface area contributed by atoms with E-state index in [1.807, 2.05) is 0 Å². The smallest absolute Gasteiger partial charge is 0.244 e. The van der Waals surface area contributed by atoms with E-state index in [1.165, 1.54) is 20.3 Å². The lowest BCUT2D eigenvalue weighted by Crippen LogP contribution is -2.29. The molecule has 0 saturated heterocycles. The Morgan fingerprint density at radius 2 is 1.84 bits per heavy atom. The Labute approximate surface area is 146 Å². The van der Waals surface area contributed by atoms with Crippen LogP contribution >= 0.6 is 0 Å². The SMILES string of the molecule is COc1cccc(C(CNS(=O)(=O)c2cc(F)ccc2OC)OC)c1. The second-order valence-electron chi connectivity index (χ2n) is 5.15. The van der Waals surface area contributed by atoms with Gasteiger partial charge >= 0.3 is 0 Å². The van der Waals surface area contributed by atoms with Crippen LogP contribution in [-0.4, -0.2) is 36.3 Å². The Bertz CT molecular complexity index is 826. The zero-order chi connectivity index (χ0) is 18.4. The summed E-state index contributed by atoms with van der Waals surface area (Å²) in [4.78, 5) is -0.268. The van der Waals surface area contributed by atoms with Crippen LogP contribution in [0.5, 0.6) is 11.5 Å². The Kier molecular flexibility index (Phi) is 6.35. The Morgan fingerprint density at radius 3 is 2.48 bits per heavy atom. The number of hydrogen-bond donors (Lipinski definition) is 1. The third kappa shape index (κ3) is 4.68. The first-order valence-electron chi connectivity index (χ1n) is 7.41. The van der Waals surface area contributed by atoms with Crippen LogP contribution in [0.3, 0.4) is 0 Å². The Morgan fingerprint density at radius 1 is 1.08 bits per heavy atom. The molecule has 0 spiro atoms. The van der Waals surface area contributed by atoms with Crippen LogP contribution in [0.25, 0.3) is 0 Å². The van der Waals surface area contributed by atoms with Gasteiger partial charge in [-0.25, -0.2) is 17.5 Å². The molecule has 0 saturated carbocycles. The fourth-order valence-electron chi connectivity index (χ4n) is 2.30. The van der Waals surface area contributed by atoms with Crippen molar-refractivity contribution in [3.63, 3.8) is 0 Å². The molecule has 2 aromatic rings. The topological polar surface area (TPSA) is 73.9 Å². The van der Waals surface area contributed by atoms with E-state index < -0.39 is 21.9 Å². The van der Waals surface area contributed by atoms with Crippen molar-refractivity contribution in [3.05, 3.63) is 53.8 Å². The molecule has 2 rings (SSSR count). The second-order valence-corrected chi connectivity index (χ2v) is 6.88. The van der Waals surface area contributed by atoms with Crippen molar-refractivity contribution >= 4 is 10.0 Å². The maximum absolute atomic E-state index is 13.4. The summed E-state index contributed by atoms with van der Waals surface area (Å²) in [5.74, 6) is 0.0238. The summed E-state index contributed by atoms with van der Waals surface area (Å²) in [5, 5.41) is 0. The average molecular weight is 369 g/mol. The van der Waals surface area contributed by atoms with Crippen LogP contribution < -0.4 is 14.2 Å². The van der Waals surface area contributed by atoms with Crippen molar-refractivity contribution in [2.24, 2.45) is 0 Å². The molecule has 1 N–H and O–H groups in total. The third-order valence-corrected chi connectivity index (χ3v) is 5.07. The Balaban J connectivity index is 2.21. The van der Waals surface area contributed by atoms with Crippen LogP contribution in [0.2, 0.25) is 0 Å². The first-order valence-corrected chi connectivity index (χ1v) is 8.89. The van der Waals surface area contributed by atoms with Gasteiger partial charge in [-0.15, -0.1) is 0 Å².